The molecule has 41 valence electrons. The third-order valence-corrected chi connectivity index (χ3v) is 0. The van der Waals surface area contributed by atoms with E-state index in [-0.39, 0.29) is 59.9 Å². The van der Waals surface area contributed by atoms with E-state index < -0.39 is 0 Å². The van der Waals surface area contributed by atoms with Crippen LogP contribution in [-0.2, 0) is 59.9 Å². The minimum atomic E-state index is 0. The first-order valence-electron chi connectivity index (χ1n) is 0. The largest absolute Gasteiger partial charge is 2.00 e. The van der Waals surface area contributed by atoms with E-state index in [1.54, 1.807) is 0 Å². The van der Waals surface area contributed by atoms with Crippen molar-refractivity contribution in [1.29, 1.82) is 0 Å². The first-order valence-corrected chi connectivity index (χ1v) is 0. The molecular weight excluding hydrogens is 429 g/mol. The van der Waals surface area contributed by atoms with Gasteiger partial charge in [0.25, 0.3) is 0 Å². The molecule has 5 heavy (non-hydrogen) atoms. The molecule has 0 unspecified atom stereocenters. The van der Waals surface area contributed by atoms with E-state index in [1.165, 1.54) is 0 Å². The normalized spacial score (nSPS) is 0. The summed E-state index contributed by atoms with van der Waals surface area (Å²) >= 11 is 0. The molecule has 0 aromatic carbocycles. The third kappa shape index (κ3) is 33.9. The monoisotopic (exact) mass is 429 g/mol. The average Bonchev–Trinajstić information content (AvgIpc) is 0. The smallest absolute Gasteiger partial charge is 0 e. The van der Waals surface area contributed by atoms with Crippen LogP contribution in [0.25, 0.3) is 0 Å². The van der Waals surface area contributed by atoms with Crippen LogP contribution < -0.4 is 0 Å². The summed E-state index contributed by atoms with van der Waals surface area (Å²) < 4.78 is 0. The molecule has 0 saturated heterocycles. The summed E-state index contributed by atoms with van der Waals surface area (Å²) in [4.78, 5) is 0. The van der Waals surface area contributed by atoms with Gasteiger partial charge >= 0.3 is 0 Å². The van der Waals surface area contributed by atoms with Crippen molar-refractivity contribution < 1.29 is 59.9 Å². The molecule has 1 radical (unpaired) electrons. The van der Waals surface area contributed by atoms with Gasteiger partial charge in [0, 0.05) is 43.4 Å². The van der Waals surface area contributed by atoms with Crippen LogP contribution in [0.2, 0.25) is 0 Å². The molecule has 0 aliphatic carbocycles. The van der Waals surface area contributed by atoms with Crippen LogP contribution in [0.5, 0.6) is 0 Å². The van der Waals surface area contributed by atoms with E-state index in [1.807, 2.05) is 0 Å². The molecule has 0 rings (SSSR count). The van der Waals surface area contributed by atoms with E-state index in [0.717, 1.165) is 0 Å². The maximum Gasteiger partial charge on any atom is 0 e. The molecular formula is AuO3W-6. The Hall–Kier alpha value is 1.31. The molecule has 0 saturated carbocycles. The van der Waals surface area contributed by atoms with E-state index in [4.69, 9.17) is 0 Å². The van der Waals surface area contributed by atoms with Gasteiger partial charge in [-0.3, -0.25) is 0 Å². The first-order chi connectivity index (χ1) is 0. The van der Waals surface area contributed by atoms with Crippen molar-refractivity contribution in [3.8, 4) is 0 Å². The van der Waals surface area contributed by atoms with Gasteiger partial charge in [-0.15, -0.1) is 0 Å². The average molecular weight is 429 g/mol. The van der Waals surface area contributed by atoms with Gasteiger partial charge in [-0.05, 0) is 0 Å². The van der Waals surface area contributed by atoms with Gasteiger partial charge in [0.15, 0.2) is 0 Å². The number of hydrogen-bond donors (Lipinski definition) is 0. The van der Waals surface area contributed by atoms with Gasteiger partial charge in [-0.25, -0.2) is 0 Å². The van der Waals surface area contributed by atoms with Gasteiger partial charge in [0.05, 0.1) is 0 Å². The van der Waals surface area contributed by atoms with Gasteiger partial charge in [0.1, 0.15) is 0 Å². The summed E-state index contributed by atoms with van der Waals surface area (Å²) in [5.74, 6) is 0. The topological polar surface area (TPSA) is 85.5 Å². The molecule has 0 N–H and O–H groups in total. The van der Waals surface area contributed by atoms with Crippen molar-refractivity contribution in [2.24, 2.45) is 0 Å². The number of rotatable bonds is 0. The molecule has 0 bridgehead atoms. The summed E-state index contributed by atoms with van der Waals surface area (Å²) in [5.41, 5.74) is 0. The molecule has 5 heteroatoms. The Kier molecular flexibility index (Phi) is 1200. The maximum absolute atomic E-state index is 0. The first kappa shape index (κ1) is 104. The van der Waals surface area contributed by atoms with Gasteiger partial charge in [0.2, 0.25) is 0 Å². The zero-order valence-electron chi connectivity index (χ0n) is 1.93. The Balaban J connectivity index is 0. The fraction of sp³-hybridized carbons (Fsp3) is 0. The van der Waals surface area contributed by atoms with Crippen LogP contribution in [0, 0.1) is 0 Å². The molecule has 0 amide bonds. The molecule has 0 aliphatic heterocycles. The summed E-state index contributed by atoms with van der Waals surface area (Å²) in [6.45, 7) is 0. The summed E-state index contributed by atoms with van der Waals surface area (Å²) in [6.07, 6.45) is 0. The van der Waals surface area contributed by atoms with Crippen LogP contribution in [0.15, 0.2) is 0 Å². The molecule has 0 spiro atoms. The third-order valence-electron chi connectivity index (χ3n) is 0. The van der Waals surface area contributed by atoms with Crippen molar-refractivity contribution in [1.82, 2.24) is 0 Å². The molecule has 0 heterocycles. The Bertz CT molecular complexity index is 6.85. The predicted octanol–water partition coefficient (Wildman–Crippen LogP) is -0.361. The summed E-state index contributed by atoms with van der Waals surface area (Å²) in [7, 11) is 0. The molecule has 0 aromatic heterocycles. The zero-order valence-corrected chi connectivity index (χ0v) is 7.03. The van der Waals surface area contributed by atoms with Crippen LogP contribution in [-0.4, -0.2) is 0 Å². The molecule has 0 fully saturated rings. The standard InChI is InChI=1S/Au.3O.W/q;3*-2;. The Morgan fingerprint density at radius 1 is 0.600 bits per heavy atom. The van der Waals surface area contributed by atoms with Crippen LogP contribution >= 0.6 is 0 Å². The number of hydrogen-bond acceptors (Lipinski definition) is 0. The van der Waals surface area contributed by atoms with Crippen LogP contribution in [0.3, 0.4) is 0 Å². The van der Waals surface area contributed by atoms with E-state index >= 15 is 0 Å². The van der Waals surface area contributed by atoms with Crippen molar-refractivity contribution in [2.75, 3.05) is 0 Å². The van der Waals surface area contributed by atoms with Gasteiger partial charge in [-0.1, -0.05) is 0 Å². The van der Waals surface area contributed by atoms with Crippen molar-refractivity contribution in [3.63, 3.8) is 0 Å². The Labute approximate surface area is 59.8 Å². The predicted molar refractivity (Wildman–Crippen MR) is 2.06 cm³/mol. The second kappa shape index (κ2) is 57.6. The fourth-order valence-corrected chi connectivity index (χ4v) is 0. The molecule has 0 aromatic rings. The quantitative estimate of drug-likeness (QED) is 0.472. The van der Waals surface area contributed by atoms with E-state index in [0.29, 0.717) is 0 Å². The second-order valence-corrected chi connectivity index (χ2v) is 0. The minimum absolute atomic E-state index is 0. The minimum Gasteiger partial charge on any atom is -2.00 e. The van der Waals surface area contributed by atoms with E-state index in [2.05, 4.69) is 0 Å². The Morgan fingerprint density at radius 3 is 0.600 bits per heavy atom. The van der Waals surface area contributed by atoms with Crippen molar-refractivity contribution in [2.45, 2.75) is 0 Å². The molecule has 3 nitrogen and oxygen atoms in total. The zero-order chi connectivity index (χ0) is 0. The molecule has 0 aliphatic rings. The maximum atomic E-state index is 0. The summed E-state index contributed by atoms with van der Waals surface area (Å²) in [5, 5.41) is 0. The van der Waals surface area contributed by atoms with Gasteiger partial charge in [-0.2, -0.15) is 0 Å². The SMILES string of the molecule is [Au].[O-2].[O-2].[O-2].[W]. The van der Waals surface area contributed by atoms with Crippen LogP contribution in [0.4, 0.5) is 0 Å². The molecule has 0 atom stereocenters. The van der Waals surface area contributed by atoms with Crippen molar-refractivity contribution in [3.05, 3.63) is 0 Å². The fourth-order valence-electron chi connectivity index (χ4n) is 0. The van der Waals surface area contributed by atoms with Crippen molar-refractivity contribution >= 4 is 0 Å². The second-order valence-electron chi connectivity index (χ2n) is 0. The Morgan fingerprint density at radius 2 is 0.600 bits per heavy atom. The summed E-state index contributed by atoms with van der Waals surface area (Å²) in [6, 6.07) is 0. The van der Waals surface area contributed by atoms with Crippen LogP contribution in [0.1, 0.15) is 0 Å². The van der Waals surface area contributed by atoms with Gasteiger partial charge < -0.3 is 16.4 Å². The van der Waals surface area contributed by atoms with E-state index in [9.17, 15) is 0 Å².